The number of hydrogen-bond donors (Lipinski definition) is 3. The zero-order valence-corrected chi connectivity index (χ0v) is 26.8. The van der Waals surface area contributed by atoms with Gasteiger partial charge in [-0.15, -0.1) is 0 Å². The number of carbonyl (C=O) groups is 4. The van der Waals surface area contributed by atoms with Crippen molar-refractivity contribution in [2.45, 2.75) is 43.7 Å². The normalized spacial score (nSPS) is 22.9. The van der Waals surface area contributed by atoms with Gasteiger partial charge in [-0.05, 0) is 46.0 Å². The second-order valence-corrected chi connectivity index (χ2v) is 13.1. The Morgan fingerprint density at radius 3 is 2.38 bits per heavy atom. The lowest BCUT2D eigenvalue weighted by Crippen LogP contribution is -2.56. The first-order valence-electron chi connectivity index (χ1n) is 16.1. The molecule has 0 saturated carbocycles. The van der Waals surface area contributed by atoms with Gasteiger partial charge in [-0.3, -0.25) is 19.7 Å². The summed E-state index contributed by atoms with van der Waals surface area (Å²) in [5.74, 6) is -1.96. The van der Waals surface area contributed by atoms with Crippen molar-refractivity contribution in [1.82, 2.24) is 24.7 Å². The van der Waals surface area contributed by atoms with Crippen molar-refractivity contribution in [2.75, 3.05) is 33.8 Å². The Labute approximate surface area is 274 Å². The summed E-state index contributed by atoms with van der Waals surface area (Å²) in [7, 11) is 3.84. The molecule has 0 radical (unpaired) electrons. The summed E-state index contributed by atoms with van der Waals surface area (Å²) >= 11 is 0. The summed E-state index contributed by atoms with van der Waals surface area (Å²) in [5.41, 5.74) is -0.499. The number of aromatic nitrogens is 2. The number of aliphatic hydroxyl groups is 1. The highest BCUT2D eigenvalue weighted by molar-refractivity contribution is 6.39. The summed E-state index contributed by atoms with van der Waals surface area (Å²) in [4.78, 5) is 54.8. The van der Waals surface area contributed by atoms with Crippen molar-refractivity contribution < 1.29 is 33.8 Å². The molecule has 3 amide bonds. The molecule has 3 atom stereocenters. The second-order valence-electron chi connectivity index (χ2n) is 13.1. The Morgan fingerprint density at radius 1 is 1.02 bits per heavy atom. The van der Waals surface area contributed by atoms with Gasteiger partial charge in [0.05, 0.1) is 39.8 Å². The van der Waals surface area contributed by atoms with Crippen molar-refractivity contribution in [3.63, 3.8) is 0 Å². The molecule has 3 aliphatic heterocycles. The molecule has 5 aromatic rings. The predicted molar refractivity (Wildman–Crippen MR) is 178 cm³/mol. The Morgan fingerprint density at radius 2 is 1.67 bits per heavy atom. The number of amides is 3. The minimum Gasteiger partial charge on any atom is -0.463 e. The molecule has 2 bridgehead atoms. The van der Waals surface area contributed by atoms with E-state index in [4.69, 9.17) is 9.47 Å². The van der Waals surface area contributed by atoms with Crippen LogP contribution in [0.25, 0.3) is 43.6 Å². The first kappa shape index (κ1) is 30.3. The highest BCUT2D eigenvalue weighted by Gasteiger charge is 2.66. The van der Waals surface area contributed by atoms with Crippen molar-refractivity contribution in [1.29, 1.82) is 0 Å². The number of ether oxygens (including phenoxy) is 2. The monoisotopic (exact) mass is 649 g/mol. The molecule has 12 nitrogen and oxygen atoms in total. The maximum Gasteiger partial charge on any atom is 0.343 e. The molecular weight excluding hydrogens is 614 g/mol. The first-order chi connectivity index (χ1) is 23.1. The van der Waals surface area contributed by atoms with E-state index >= 15 is 0 Å². The summed E-state index contributed by atoms with van der Waals surface area (Å²) < 4.78 is 16.3. The maximum absolute atomic E-state index is 14.0. The Kier molecular flexibility index (Phi) is 6.78. The van der Waals surface area contributed by atoms with Crippen LogP contribution in [0.15, 0.2) is 60.7 Å². The Hall–Kier alpha value is -5.04. The molecule has 1 fully saturated rings. The second kappa shape index (κ2) is 10.7. The number of para-hydroxylation sites is 2. The molecule has 3 aromatic carbocycles. The Bertz CT molecular complexity index is 2270. The van der Waals surface area contributed by atoms with Crippen LogP contribution in [0, 0.1) is 0 Å². The van der Waals surface area contributed by atoms with E-state index in [1.807, 2.05) is 76.7 Å². The fourth-order valence-corrected chi connectivity index (χ4v) is 7.79. The quantitative estimate of drug-likeness (QED) is 0.0950. The number of nitrogens with zero attached hydrogens (tertiary/aromatic N) is 3. The molecule has 3 N–H and O–H groups in total. The van der Waals surface area contributed by atoms with E-state index in [0.29, 0.717) is 64.2 Å². The highest BCUT2D eigenvalue weighted by atomic mass is 16.6. The van der Waals surface area contributed by atoms with Gasteiger partial charge >= 0.3 is 5.97 Å². The van der Waals surface area contributed by atoms with E-state index in [2.05, 4.69) is 10.6 Å². The molecule has 3 aliphatic rings. The number of fused-ring (bicyclic) bond motifs is 13. The van der Waals surface area contributed by atoms with Gasteiger partial charge in [-0.2, -0.15) is 0 Å². The number of rotatable bonds is 9. The van der Waals surface area contributed by atoms with E-state index in [1.165, 1.54) is 6.08 Å². The molecule has 2 aromatic heterocycles. The molecule has 12 heteroatoms. The standard InChI is InChI=1S/C36H35N5O7/c1-35-36(46,34(45)47-18-9-8-16-37-24(42)15-10-17-39(2)3)19-25(48-35)40-22-13-6-4-11-20(22)26-28-29(33(44)38-32(28)43)27-21-12-5-7-14-23(21)41(35)31(27)30(26)40/h4-7,10-15,25,46H,8-9,16-19H2,1-3H3,(H,37,42)(H,38,43,44)/b15-10+/t25?,35-,36-/m0/s1. The average Bonchev–Trinajstić information content (AvgIpc) is 3.73. The van der Waals surface area contributed by atoms with Gasteiger partial charge in [-0.1, -0.05) is 42.5 Å². The van der Waals surface area contributed by atoms with Gasteiger partial charge < -0.3 is 33.9 Å². The number of imide groups is 1. The number of esters is 1. The maximum atomic E-state index is 14.0. The van der Waals surface area contributed by atoms with Crippen LogP contribution in [0.4, 0.5) is 0 Å². The number of hydrogen-bond acceptors (Lipinski definition) is 8. The van der Waals surface area contributed by atoms with Crippen LogP contribution < -0.4 is 10.6 Å². The average molecular weight is 650 g/mol. The van der Waals surface area contributed by atoms with Crippen LogP contribution >= 0.6 is 0 Å². The predicted octanol–water partition coefficient (Wildman–Crippen LogP) is 3.68. The molecular formula is C36H35N5O7. The zero-order chi connectivity index (χ0) is 33.5. The van der Waals surface area contributed by atoms with E-state index < -0.39 is 35.3 Å². The Balaban J connectivity index is 1.19. The van der Waals surface area contributed by atoms with Crippen LogP contribution in [0.2, 0.25) is 0 Å². The van der Waals surface area contributed by atoms with Crippen LogP contribution in [0.3, 0.4) is 0 Å². The van der Waals surface area contributed by atoms with Gasteiger partial charge in [0, 0.05) is 47.1 Å². The third-order valence-corrected chi connectivity index (χ3v) is 9.94. The third-order valence-electron chi connectivity index (χ3n) is 9.94. The number of carbonyl (C=O) groups excluding carboxylic acids is 4. The number of nitrogens with one attached hydrogen (secondary N) is 2. The van der Waals surface area contributed by atoms with Crippen molar-refractivity contribution in [3.05, 3.63) is 71.8 Å². The first-order valence-corrected chi connectivity index (χ1v) is 16.1. The summed E-state index contributed by atoms with van der Waals surface area (Å²) in [5, 5.41) is 20.5. The molecule has 1 unspecified atom stereocenters. The summed E-state index contributed by atoms with van der Waals surface area (Å²) in [6.45, 7) is 2.79. The molecule has 0 aliphatic carbocycles. The van der Waals surface area contributed by atoms with Crippen molar-refractivity contribution in [2.24, 2.45) is 0 Å². The highest BCUT2D eigenvalue weighted by Crippen LogP contribution is 2.57. The van der Waals surface area contributed by atoms with E-state index in [0.717, 1.165) is 10.9 Å². The van der Waals surface area contributed by atoms with Crippen LogP contribution in [0.5, 0.6) is 0 Å². The van der Waals surface area contributed by atoms with Crippen LogP contribution in [0.1, 0.15) is 53.1 Å². The van der Waals surface area contributed by atoms with E-state index in [1.54, 1.807) is 13.0 Å². The molecule has 0 spiro atoms. The van der Waals surface area contributed by atoms with Crippen LogP contribution in [-0.2, 0) is 24.8 Å². The van der Waals surface area contributed by atoms with Crippen molar-refractivity contribution >= 4 is 67.3 Å². The fourth-order valence-electron chi connectivity index (χ4n) is 7.79. The van der Waals surface area contributed by atoms with Gasteiger partial charge in [0.25, 0.3) is 11.8 Å². The molecule has 1 saturated heterocycles. The van der Waals surface area contributed by atoms with E-state index in [-0.39, 0.29) is 24.5 Å². The largest absolute Gasteiger partial charge is 0.463 e. The molecule has 5 heterocycles. The summed E-state index contributed by atoms with van der Waals surface area (Å²) in [6, 6.07) is 15.0. The topological polar surface area (TPSA) is 144 Å². The number of benzene rings is 3. The summed E-state index contributed by atoms with van der Waals surface area (Å²) in [6.07, 6.45) is 3.42. The minimum absolute atomic E-state index is 0.0408. The van der Waals surface area contributed by atoms with Gasteiger partial charge in [0.15, 0.2) is 5.72 Å². The lowest BCUT2D eigenvalue weighted by molar-refractivity contribution is -0.204. The smallest absolute Gasteiger partial charge is 0.343 e. The lowest BCUT2D eigenvalue weighted by atomic mass is 9.88. The minimum atomic E-state index is -2.12. The van der Waals surface area contributed by atoms with Gasteiger partial charge in [0.2, 0.25) is 11.5 Å². The van der Waals surface area contributed by atoms with Crippen molar-refractivity contribution in [3.8, 4) is 0 Å². The van der Waals surface area contributed by atoms with Crippen LogP contribution in [-0.4, -0.2) is 82.2 Å². The van der Waals surface area contributed by atoms with E-state index in [9.17, 15) is 24.3 Å². The fraction of sp³-hybridized carbons (Fsp3) is 0.333. The molecule has 48 heavy (non-hydrogen) atoms. The number of unbranched alkanes of at least 4 members (excludes halogenated alkanes) is 1. The van der Waals surface area contributed by atoms with Gasteiger partial charge in [-0.25, -0.2) is 4.79 Å². The number of likely N-dealkylation sites (N-methyl/N-ethyl adjacent to an activating group) is 1. The molecule has 246 valence electrons. The zero-order valence-electron chi connectivity index (χ0n) is 26.8. The third kappa shape index (κ3) is 4.06. The SMILES string of the molecule is CN(C)C/C=C/C(=O)NCCCCOC(=O)[C@@]1(O)CC2O[C@]1(C)n1c3ccccc3c3c4c(c5c6ccccc6n2c5c31)C(=O)NC4=O. The molecule has 8 rings (SSSR count). The lowest BCUT2D eigenvalue weighted by Gasteiger charge is -2.37. The van der Waals surface area contributed by atoms with Gasteiger partial charge in [0.1, 0.15) is 6.23 Å².